The maximum Gasteiger partial charge on any atom is 0.229 e. The molecule has 0 amide bonds. The predicted octanol–water partition coefficient (Wildman–Crippen LogP) is 2.66. The lowest BCUT2D eigenvalue weighted by Gasteiger charge is -2.10. The lowest BCUT2D eigenvalue weighted by Crippen LogP contribution is -2.10. The van der Waals surface area contributed by atoms with Gasteiger partial charge in [0, 0.05) is 31.7 Å². The Kier molecular flexibility index (Phi) is 4.25. The van der Waals surface area contributed by atoms with E-state index in [2.05, 4.69) is 10.0 Å². The fraction of sp³-hybridized carbons (Fsp3) is 0.231. The van der Waals surface area contributed by atoms with Gasteiger partial charge < -0.3 is 9.88 Å². The van der Waals surface area contributed by atoms with E-state index in [1.165, 1.54) is 0 Å². The smallest absolute Gasteiger partial charge is 0.229 e. The molecular formula is C13H16ClN3O2S. The Labute approximate surface area is 123 Å². The van der Waals surface area contributed by atoms with Crippen LogP contribution in [0.5, 0.6) is 0 Å². The average Bonchev–Trinajstić information content (AvgIpc) is 2.74. The maximum absolute atomic E-state index is 11.2. The number of anilines is 2. The van der Waals surface area contributed by atoms with Crippen LogP contribution in [-0.4, -0.2) is 19.2 Å². The van der Waals surface area contributed by atoms with Gasteiger partial charge in [-0.1, -0.05) is 11.6 Å². The minimum atomic E-state index is -3.32. The molecule has 0 spiro atoms. The molecule has 0 saturated heterocycles. The molecule has 2 N–H and O–H groups in total. The largest absolute Gasteiger partial charge is 0.381 e. The zero-order valence-electron chi connectivity index (χ0n) is 11.2. The number of halogens is 1. The molecule has 5 nitrogen and oxygen atoms in total. The number of benzene rings is 1. The Hall–Kier alpha value is -1.66. The third kappa shape index (κ3) is 4.18. The van der Waals surface area contributed by atoms with Crippen molar-refractivity contribution in [2.45, 2.75) is 6.54 Å². The number of hydrogen-bond acceptors (Lipinski definition) is 3. The van der Waals surface area contributed by atoms with Crippen LogP contribution in [0.3, 0.4) is 0 Å². The van der Waals surface area contributed by atoms with Crippen molar-refractivity contribution in [1.29, 1.82) is 0 Å². The van der Waals surface area contributed by atoms with Crippen molar-refractivity contribution in [3.05, 3.63) is 47.2 Å². The summed E-state index contributed by atoms with van der Waals surface area (Å²) in [5, 5.41) is 3.59. The summed E-state index contributed by atoms with van der Waals surface area (Å²) in [6.07, 6.45) is 5.09. The number of nitrogens with zero attached hydrogens (tertiary/aromatic N) is 1. The average molecular weight is 314 g/mol. The molecule has 0 atom stereocenters. The van der Waals surface area contributed by atoms with E-state index < -0.39 is 10.0 Å². The molecule has 7 heteroatoms. The molecular weight excluding hydrogens is 298 g/mol. The van der Waals surface area contributed by atoms with Gasteiger partial charge >= 0.3 is 0 Å². The number of sulfonamides is 1. The van der Waals surface area contributed by atoms with Crippen molar-refractivity contribution in [2.24, 2.45) is 7.05 Å². The molecule has 0 aliphatic carbocycles. The number of aryl methyl sites for hydroxylation is 1. The van der Waals surface area contributed by atoms with Crippen LogP contribution in [0.2, 0.25) is 5.02 Å². The third-order valence-electron chi connectivity index (χ3n) is 2.65. The second-order valence-corrected chi connectivity index (χ2v) is 6.76. The van der Waals surface area contributed by atoms with Gasteiger partial charge in [0.15, 0.2) is 0 Å². The highest BCUT2D eigenvalue weighted by molar-refractivity contribution is 7.92. The van der Waals surface area contributed by atoms with Gasteiger partial charge in [0.1, 0.15) is 0 Å². The SMILES string of the molecule is Cn1ccc(CNc2ccc(NS(C)(=O)=O)c(Cl)c2)c1. The van der Waals surface area contributed by atoms with Gasteiger partial charge in [-0.25, -0.2) is 8.42 Å². The molecule has 0 saturated carbocycles. The molecule has 2 rings (SSSR count). The zero-order chi connectivity index (χ0) is 14.8. The molecule has 1 heterocycles. The maximum atomic E-state index is 11.2. The summed E-state index contributed by atoms with van der Waals surface area (Å²) in [7, 11) is -1.36. The van der Waals surface area contributed by atoms with E-state index in [1.807, 2.05) is 30.1 Å². The van der Waals surface area contributed by atoms with Gasteiger partial charge in [0.2, 0.25) is 10.0 Å². The van der Waals surface area contributed by atoms with Crippen LogP contribution >= 0.6 is 11.6 Å². The first-order chi connectivity index (χ1) is 9.33. The minimum Gasteiger partial charge on any atom is -0.381 e. The number of rotatable bonds is 5. The topological polar surface area (TPSA) is 63.1 Å². The van der Waals surface area contributed by atoms with Crippen molar-refractivity contribution >= 4 is 33.0 Å². The van der Waals surface area contributed by atoms with Crippen molar-refractivity contribution in [3.8, 4) is 0 Å². The second kappa shape index (κ2) is 5.76. The Balaban J connectivity index is 2.05. The third-order valence-corrected chi connectivity index (χ3v) is 3.56. The summed E-state index contributed by atoms with van der Waals surface area (Å²) in [4.78, 5) is 0. The van der Waals surface area contributed by atoms with E-state index in [0.717, 1.165) is 17.5 Å². The predicted molar refractivity (Wildman–Crippen MR) is 82.7 cm³/mol. The van der Waals surface area contributed by atoms with E-state index in [1.54, 1.807) is 18.2 Å². The summed E-state index contributed by atoms with van der Waals surface area (Å²) in [5.41, 5.74) is 2.36. The molecule has 0 fully saturated rings. The van der Waals surface area contributed by atoms with E-state index in [4.69, 9.17) is 11.6 Å². The van der Waals surface area contributed by atoms with E-state index in [9.17, 15) is 8.42 Å². The van der Waals surface area contributed by atoms with Crippen molar-refractivity contribution in [2.75, 3.05) is 16.3 Å². The van der Waals surface area contributed by atoms with Crippen LogP contribution in [0.15, 0.2) is 36.7 Å². The van der Waals surface area contributed by atoms with Gasteiger partial charge in [0.05, 0.1) is 17.0 Å². The minimum absolute atomic E-state index is 0.355. The number of nitrogens with one attached hydrogen (secondary N) is 2. The quantitative estimate of drug-likeness (QED) is 0.892. The Morgan fingerprint density at radius 3 is 2.60 bits per heavy atom. The molecule has 1 aromatic heterocycles. The molecule has 0 bridgehead atoms. The van der Waals surface area contributed by atoms with E-state index in [0.29, 0.717) is 17.3 Å². The lowest BCUT2D eigenvalue weighted by molar-refractivity contribution is 0.607. The van der Waals surface area contributed by atoms with Crippen LogP contribution in [0.25, 0.3) is 0 Å². The second-order valence-electron chi connectivity index (χ2n) is 4.61. The van der Waals surface area contributed by atoms with Crippen molar-refractivity contribution in [1.82, 2.24) is 4.57 Å². The molecule has 0 aliphatic rings. The van der Waals surface area contributed by atoms with Crippen LogP contribution < -0.4 is 10.0 Å². The molecule has 2 aromatic rings. The Bertz CT molecular complexity index is 710. The van der Waals surface area contributed by atoms with Crippen LogP contribution in [0, 0.1) is 0 Å². The van der Waals surface area contributed by atoms with Gasteiger partial charge in [0.25, 0.3) is 0 Å². The highest BCUT2D eigenvalue weighted by Gasteiger charge is 2.07. The molecule has 0 aliphatic heterocycles. The normalized spacial score (nSPS) is 11.3. The van der Waals surface area contributed by atoms with Gasteiger partial charge in [-0.2, -0.15) is 0 Å². The van der Waals surface area contributed by atoms with Crippen LogP contribution in [-0.2, 0) is 23.6 Å². The number of hydrogen-bond donors (Lipinski definition) is 2. The number of aromatic nitrogens is 1. The van der Waals surface area contributed by atoms with Gasteiger partial charge in [-0.15, -0.1) is 0 Å². The monoisotopic (exact) mass is 313 g/mol. The molecule has 20 heavy (non-hydrogen) atoms. The first kappa shape index (κ1) is 14.7. The summed E-state index contributed by atoms with van der Waals surface area (Å²) in [6.45, 7) is 0.677. The fourth-order valence-electron chi connectivity index (χ4n) is 1.78. The Morgan fingerprint density at radius 1 is 1.30 bits per heavy atom. The molecule has 1 aromatic carbocycles. The first-order valence-electron chi connectivity index (χ1n) is 5.95. The standard InChI is InChI=1S/C13H16ClN3O2S/c1-17-6-5-10(9-17)8-15-11-3-4-13(12(14)7-11)16-20(2,18)19/h3-7,9,15-16H,8H2,1-2H3. The van der Waals surface area contributed by atoms with Crippen molar-refractivity contribution < 1.29 is 8.42 Å². The highest BCUT2D eigenvalue weighted by atomic mass is 35.5. The Morgan fingerprint density at radius 2 is 2.05 bits per heavy atom. The summed E-state index contributed by atoms with van der Waals surface area (Å²) in [6, 6.07) is 7.13. The lowest BCUT2D eigenvalue weighted by atomic mass is 10.2. The summed E-state index contributed by atoms with van der Waals surface area (Å²) < 4.78 is 26.7. The highest BCUT2D eigenvalue weighted by Crippen LogP contribution is 2.26. The summed E-state index contributed by atoms with van der Waals surface area (Å²) in [5.74, 6) is 0. The molecule has 108 valence electrons. The van der Waals surface area contributed by atoms with Crippen molar-refractivity contribution in [3.63, 3.8) is 0 Å². The van der Waals surface area contributed by atoms with Crippen LogP contribution in [0.1, 0.15) is 5.56 Å². The van der Waals surface area contributed by atoms with Crippen LogP contribution in [0.4, 0.5) is 11.4 Å². The molecule has 0 unspecified atom stereocenters. The van der Waals surface area contributed by atoms with Gasteiger partial charge in [-0.3, -0.25) is 4.72 Å². The van der Waals surface area contributed by atoms with Gasteiger partial charge in [-0.05, 0) is 29.8 Å². The van der Waals surface area contributed by atoms with E-state index >= 15 is 0 Å². The molecule has 0 radical (unpaired) electrons. The summed E-state index contributed by atoms with van der Waals surface area (Å²) >= 11 is 6.05. The fourth-order valence-corrected chi connectivity index (χ4v) is 2.64. The van der Waals surface area contributed by atoms with E-state index in [-0.39, 0.29) is 0 Å². The zero-order valence-corrected chi connectivity index (χ0v) is 12.8. The first-order valence-corrected chi connectivity index (χ1v) is 8.22.